The molecule has 152 valence electrons. The van der Waals surface area contributed by atoms with Gasteiger partial charge in [0.25, 0.3) is 5.91 Å². The number of furan rings is 1. The Bertz CT molecular complexity index is 1080. The van der Waals surface area contributed by atoms with Crippen LogP contribution in [0.25, 0.3) is 0 Å². The molecule has 1 heterocycles. The minimum atomic E-state index is -3.69. The fraction of sp³-hybridized carbons (Fsp3) is 0.150. The highest BCUT2D eigenvalue weighted by atomic mass is 79.9. The van der Waals surface area contributed by atoms with Crippen molar-refractivity contribution in [2.75, 3.05) is 11.9 Å². The van der Waals surface area contributed by atoms with E-state index < -0.39 is 10.0 Å². The molecule has 29 heavy (non-hydrogen) atoms. The maximum atomic E-state index is 12.3. The number of hydrogen-bond acceptors (Lipinski definition) is 5. The molecular formula is C20H19BrN2O5S. The van der Waals surface area contributed by atoms with E-state index in [0.717, 1.165) is 10.0 Å². The predicted molar refractivity (Wildman–Crippen MR) is 112 cm³/mol. The lowest BCUT2D eigenvalue weighted by molar-refractivity contribution is -0.118. The molecule has 1 aromatic heterocycles. The number of carbonyl (C=O) groups excluding carboxylic acids is 1. The standard InChI is InChI=1S/C20H19BrN2O5S/c1-14-4-9-19(18(21)11-14)28-13-20(24)23-15-5-7-17(8-6-15)29(25,26)22-12-16-3-2-10-27-16/h2-11,22H,12-13H2,1H3,(H,23,24). The Morgan fingerprint density at radius 2 is 1.90 bits per heavy atom. The van der Waals surface area contributed by atoms with E-state index in [1.165, 1.54) is 30.5 Å². The Morgan fingerprint density at radius 1 is 1.14 bits per heavy atom. The van der Waals surface area contributed by atoms with Gasteiger partial charge in [-0.15, -0.1) is 0 Å². The first kappa shape index (κ1) is 21.1. The number of anilines is 1. The molecule has 0 atom stereocenters. The fourth-order valence-electron chi connectivity index (χ4n) is 2.44. The van der Waals surface area contributed by atoms with Crippen LogP contribution in [0.2, 0.25) is 0 Å². The Morgan fingerprint density at radius 3 is 2.55 bits per heavy atom. The van der Waals surface area contributed by atoms with Gasteiger partial charge in [-0.2, -0.15) is 0 Å². The normalized spacial score (nSPS) is 11.2. The van der Waals surface area contributed by atoms with E-state index in [-0.39, 0.29) is 24.0 Å². The van der Waals surface area contributed by atoms with Gasteiger partial charge in [0.05, 0.1) is 22.2 Å². The molecule has 0 saturated heterocycles. The van der Waals surface area contributed by atoms with Crippen LogP contribution in [0.4, 0.5) is 5.69 Å². The number of nitrogens with one attached hydrogen (secondary N) is 2. The fourth-order valence-corrected chi connectivity index (χ4v) is 4.04. The Labute approximate surface area is 177 Å². The van der Waals surface area contributed by atoms with Gasteiger partial charge in [-0.25, -0.2) is 13.1 Å². The minimum Gasteiger partial charge on any atom is -0.483 e. The molecule has 0 bridgehead atoms. The largest absolute Gasteiger partial charge is 0.483 e. The number of rotatable bonds is 8. The molecule has 0 fully saturated rings. The van der Waals surface area contributed by atoms with Gasteiger partial charge in [0.15, 0.2) is 6.61 Å². The summed E-state index contributed by atoms with van der Waals surface area (Å²) in [6.45, 7) is 1.84. The maximum Gasteiger partial charge on any atom is 0.262 e. The van der Waals surface area contributed by atoms with E-state index in [2.05, 4.69) is 26.0 Å². The second-order valence-corrected chi connectivity index (χ2v) is 8.82. The average molecular weight is 479 g/mol. The van der Waals surface area contributed by atoms with Gasteiger partial charge in [0.1, 0.15) is 11.5 Å². The van der Waals surface area contributed by atoms with E-state index in [9.17, 15) is 13.2 Å². The first-order valence-corrected chi connectivity index (χ1v) is 10.9. The molecule has 1 amide bonds. The highest BCUT2D eigenvalue weighted by Gasteiger charge is 2.14. The number of halogens is 1. The Kier molecular flexibility index (Phi) is 6.73. The molecule has 0 spiro atoms. The number of sulfonamides is 1. The van der Waals surface area contributed by atoms with Crippen molar-refractivity contribution in [3.05, 3.63) is 76.7 Å². The van der Waals surface area contributed by atoms with Crippen LogP contribution in [-0.2, 0) is 21.4 Å². The zero-order valence-corrected chi connectivity index (χ0v) is 17.9. The van der Waals surface area contributed by atoms with Gasteiger partial charge in [0, 0.05) is 5.69 Å². The lowest BCUT2D eigenvalue weighted by Gasteiger charge is -2.10. The number of hydrogen-bond donors (Lipinski definition) is 2. The molecule has 0 aliphatic heterocycles. The molecule has 0 saturated carbocycles. The monoisotopic (exact) mass is 478 g/mol. The lowest BCUT2D eigenvalue weighted by Crippen LogP contribution is -2.23. The highest BCUT2D eigenvalue weighted by Crippen LogP contribution is 2.25. The van der Waals surface area contributed by atoms with Crippen LogP contribution in [0.15, 0.2) is 74.6 Å². The van der Waals surface area contributed by atoms with Crippen LogP contribution < -0.4 is 14.8 Å². The van der Waals surface area contributed by atoms with Crippen LogP contribution in [0, 0.1) is 6.92 Å². The minimum absolute atomic E-state index is 0.0553. The van der Waals surface area contributed by atoms with Crippen LogP contribution in [0.3, 0.4) is 0 Å². The van der Waals surface area contributed by atoms with E-state index in [4.69, 9.17) is 9.15 Å². The zero-order chi connectivity index (χ0) is 20.9. The summed E-state index contributed by atoms with van der Waals surface area (Å²) in [7, 11) is -3.69. The summed E-state index contributed by atoms with van der Waals surface area (Å²) in [5.41, 5.74) is 1.54. The molecule has 0 aliphatic rings. The molecule has 7 nitrogen and oxygen atoms in total. The van der Waals surface area contributed by atoms with Gasteiger partial charge in [-0.3, -0.25) is 4.79 Å². The number of carbonyl (C=O) groups is 1. The first-order chi connectivity index (χ1) is 13.8. The number of amides is 1. The van der Waals surface area contributed by atoms with Crippen molar-refractivity contribution in [2.24, 2.45) is 0 Å². The van der Waals surface area contributed by atoms with Crippen molar-refractivity contribution in [3.8, 4) is 5.75 Å². The average Bonchev–Trinajstić information content (AvgIpc) is 3.20. The van der Waals surface area contributed by atoms with E-state index in [1.54, 1.807) is 18.2 Å². The molecule has 2 N–H and O–H groups in total. The van der Waals surface area contributed by atoms with Gasteiger partial charge < -0.3 is 14.5 Å². The van der Waals surface area contributed by atoms with Gasteiger partial charge in [0.2, 0.25) is 10.0 Å². The second-order valence-electron chi connectivity index (χ2n) is 6.20. The smallest absolute Gasteiger partial charge is 0.262 e. The third-order valence-electron chi connectivity index (χ3n) is 3.91. The summed E-state index contributed by atoms with van der Waals surface area (Å²) >= 11 is 3.39. The summed E-state index contributed by atoms with van der Waals surface area (Å²) in [4.78, 5) is 12.2. The van der Waals surface area contributed by atoms with Crippen LogP contribution in [0.1, 0.15) is 11.3 Å². The molecule has 0 radical (unpaired) electrons. The van der Waals surface area contributed by atoms with Crippen molar-refractivity contribution in [1.82, 2.24) is 4.72 Å². The number of ether oxygens (including phenoxy) is 1. The third kappa shape index (κ3) is 5.93. The van der Waals surface area contributed by atoms with Crippen LogP contribution in [-0.4, -0.2) is 20.9 Å². The zero-order valence-electron chi connectivity index (χ0n) is 15.5. The summed E-state index contributed by atoms with van der Waals surface area (Å²) in [6, 6.07) is 14.8. The molecule has 3 rings (SSSR count). The van der Waals surface area contributed by atoms with Crippen LogP contribution in [0.5, 0.6) is 5.75 Å². The molecular weight excluding hydrogens is 460 g/mol. The third-order valence-corrected chi connectivity index (χ3v) is 5.95. The SMILES string of the molecule is Cc1ccc(OCC(=O)Nc2ccc(S(=O)(=O)NCc3ccco3)cc2)c(Br)c1. The van der Waals surface area contributed by atoms with Crippen molar-refractivity contribution in [2.45, 2.75) is 18.4 Å². The van der Waals surface area contributed by atoms with Crippen LogP contribution >= 0.6 is 15.9 Å². The van der Waals surface area contributed by atoms with Crippen molar-refractivity contribution in [3.63, 3.8) is 0 Å². The van der Waals surface area contributed by atoms with Crippen molar-refractivity contribution in [1.29, 1.82) is 0 Å². The van der Waals surface area contributed by atoms with Gasteiger partial charge >= 0.3 is 0 Å². The topological polar surface area (TPSA) is 97.6 Å². The molecule has 0 unspecified atom stereocenters. The predicted octanol–water partition coefficient (Wildman–Crippen LogP) is 3.85. The Balaban J connectivity index is 1.54. The molecule has 3 aromatic rings. The second kappa shape index (κ2) is 9.25. The Hall–Kier alpha value is -2.62. The quantitative estimate of drug-likeness (QED) is 0.512. The van der Waals surface area contributed by atoms with Crippen molar-refractivity contribution < 1.29 is 22.4 Å². The first-order valence-electron chi connectivity index (χ1n) is 8.64. The summed E-state index contributed by atoms with van der Waals surface area (Å²) in [5, 5.41) is 2.67. The van der Waals surface area contributed by atoms with E-state index >= 15 is 0 Å². The highest BCUT2D eigenvalue weighted by molar-refractivity contribution is 9.10. The van der Waals surface area contributed by atoms with E-state index in [1.807, 2.05) is 19.1 Å². The number of benzene rings is 2. The maximum absolute atomic E-state index is 12.3. The van der Waals surface area contributed by atoms with Gasteiger partial charge in [-0.1, -0.05) is 6.07 Å². The summed E-state index contributed by atoms with van der Waals surface area (Å²) in [6.07, 6.45) is 1.47. The lowest BCUT2D eigenvalue weighted by atomic mass is 10.2. The molecule has 2 aromatic carbocycles. The van der Waals surface area contributed by atoms with E-state index in [0.29, 0.717) is 17.2 Å². The molecule has 9 heteroatoms. The molecule has 0 aliphatic carbocycles. The summed E-state index contributed by atoms with van der Waals surface area (Å²) < 4.78 is 38.4. The summed E-state index contributed by atoms with van der Waals surface area (Å²) in [5.74, 6) is 0.719. The van der Waals surface area contributed by atoms with Crippen molar-refractivity contribution >= 4 is 37.5 Å². The number of aryl methyl sites for hydroxylation is 1. The van der Waals surface area contributed by atoms with Gasteiger partial charge in [-0.05, 0) is 76.9 Å².